The summed E-state index contributed by atoms with van der Waals surface area (Å²) >= 11 is 0. The molecule has 0 saturated carbocycles. The van der Waals surface area contributed by atoms with Crippen molar-refractivity contribution in [2.24, 2.45) is 0 Å². The first kappa shape index (κ1) is 27.9. The second-order valence-corrected chi connectivity index (χ2v) is 11.2. The molecule has 8 heteroatoms. The summed E-state index contributed by atoms with van der Waals surface area (Å²) < 4.78 is 28.5. The van der Waals surface area contributed by atoms with Gasteiger partial charge in [-0.05, 0) is 69.5 Å². The first-order chi connectivity index (χ1) is 17.6. The third kappa shape index (κ3) is 7.43. The average Bonchev–Trinajstić information content (AvgIpc) is 2.88. The summed E-state index contributed by atoms with van der Waals surface area (Å²) in [6.45, 7) is 7.07. The molecule has 0 unspecified atom stereocenters. The van der Waals surface area contributed by atoms with E-state index in [0.29, 0.717) is 12.1 Å². The fourth-order valence-electron chi connectivity index (χ4n) is 4.01. The fourth-order valence-corrected chi connectivity index (χ4v) is 5.43. The zero-order valence-corrected chi connectivity index (χ0v) is 22.6. The number of hydrogen-bond acceptors (Lipinski definition) is 4. The SMILES string of the molecule is Cc1cccc(N(CC(=O)N(CCc2ccccc2)[C@@H](C)C(=O)NC(C)C)S(=O)(=O)c2ccccc2)c1. The van der Waals surface area contributed by atoms with Gasteiger partial charge >= 0.3 is 0 Å². The number of carbonyl (C=O) groups excluding carboxylic acids is 2. The van der Waals surface area contributed by atoms with Gasteiger partial charge in [-0.3, -0.25) is 13.9 Å². The van der Waals surface area contributed by atoms with Gasteiger partial charge < -0.3 is 10.2 Å². The minimum absolute atomic E-state index is 0.0886. The zero-order valence-electron chi connectivity index (χ0n) is 21.8. The summed E-state index contributed by atoms with van der Waals surface area (Å²) in [4.78, 5) is 28.2. The van der Waals surface area contributed by atoms with Gasteiger partial charge in [0.25, 0.3) is 10.0 Å². The lowest BCUT2D eigenvalue weighted by Crippen LogP contribution is -2.53. The summed E-state index contributed by atoms with van der Waals surface area (Å²) in [5.41, 5.74) is 2.27. The standard InChI is InChI=1S/C29H35N3O4S/c1-22(2)30-29(34)24(4)31(19-18-25-13-7-5-8-14-25)28(33)21-32(26-15-11-12-23(3)20-26)37(35,36)27-16-9-6-10-17-27/h5-17,20,22,24H,18-19,21H2,1-4H3,(H,30,34)/t24-/m0/s1. The largest absolute Gasteiger partial charge is 0.352 e. The predicted octanol–water partition coefficient (Wildman–Crippen LogP) is 4.17. The average molecular weight is 522 g/mol. The molecule has 1 N–H and O–H groups in total. The molecule has 3 aromatic rings. The normalized spacial score (nSPS) is 12.1. The van der Waals surface area contributed by atoms with E-state index in [-0.39, 0.29) is 23.4 Å². The maximum atomic E-state index is 13.8. The molecule has 0 aromatic heterocycles. The number of benzene rings is 3. The van der Waals surface area contributed by atoms with Crippen LogP contribution in [0, 0.1) is 6.92 Å². The van der Waals surface area contributed by atoms with Gasteiger partial charge in [0, 0.05) is 12.6 Å². The molecule has 0 aliphatic rings. The third-order valence-corrected chi connectivity index (χ3v) is 7.77. The smallest absolute Gasteiger partial charge is 0.264 e. The van der Waals surface area contributed by atoms with Gasteiger partial charge in [-0.1, -0.05) is 60.7 Å². The van der Waals surface area contributed by atoms with Crippen LogP contribution in [0.1, 0.15) is 31.9 Å². The van der Waals surface area contributed by atoms with E-state index in [4.69, 9.17) is 0 Å². The highest BCUT2D eigenvalue weighted by Crippen LogP contribution is 2.25. The summed E-state index contributed by atoms with van der Waals surface area (Å²) in [6, 6.07) is 23.9. The van der Waals surface area contributed by atoms with Crippen LogP contribution in [0.15, 0.2) is 89.8 Å². The van der Waals surface area contributed by atoms with Crippen LogP contribution in [-0.2, 0) is 26.0 Å². The van der Waals surface area contributed by atoms with Crippen LogP contribution in [0.25, 0.3) is 0 Å². The van der Waals surface area contributed by atoms with Crippen molar-refractivity contribution < 1.29 is 18.0 Å². The van der Waals surface area contributed by atoms with Crippen LogP contribution in [0.4, 0.5) is 5.69 Å². The van der Waals surface area contributed by atoms with E-state index in [1.165, 1.54) is 17.0 Å². The maximum Gasteiger partial charge on any atom is 0.264 e. The van der Waals surface area contributed by atoms with E-state index >= 15 is 0 Å². The Hall–Kier alpha value is -3.65. The molecule has 3 rings (SSSR count). The lowest BCUT2D eigenvalue weighted by molar-refractivity contribution is -0.139. The Morgan fingerprint density at radius 2 is 1.49 bits per heavy atom. The van der Waals surface area contributed by atoms with Crippen molar-refractivity contribution in [1.82, 2.24) is 10.2 Å². The molecule has 1 atom stereocenters. The quantitative estimate of drug-likeness (QED) is 0.410. The third-order valence-electron chi connectivity index (χ3n) is 5.98. The van der Waals surface area contributed by atoms with Gasteiger partial charge in [0.1, 0.15) is 12.6 Å². The van der Waals surface area contributed by atoms with Crippen LogP contribution in [0.5, 0.6) is 0 Å². The lowest BCUT2D eigenvalue weighted by Gasteiger charge is -2.32. The molecule has 37 heavy (non-hydrogen) atoms. The molecule has 0 saturated heterocycles. The van der Waals surface area contributed by atoms with Gasteiger partial charge in [-0.15, -0.1) is 0 Å². The van der Waals surface area contributed by atoms with Crippen molar-refractivity contribution in [1.29, 1.82) is 0 Å². The van der Waals surface area contributed by atoms with E-state index in [0.717, 1.165) is 15.4 Å². The van der Waals surface area contributed by atoms with Crippen molar-refractivity contribution in [3.05, 3.63) is 96.1 Å². The Morgan fingerprint density at radius 3 is 2.08 bits per heavy atom. The number of carbonyl (C=O) groups is 2. The van der Waals surface area contributed by atoms with E-state index in [1.54, 1.807) is 43.3 Å². The van der Waals surface area contributed by atoms with Gasteiger partial charge in [-0.25, -0.2) is 8.42 Å². The topological polar surface area (TPSA) is 86.8 Å². The van der Waals surface area contributed by atoms with Gasteiger partial charge in [0.2, 0.25) is 11.8 Å². The molecule has 0 fully saturated rings. The monoisotopic (exact) mass is 521 g/mol. The molecule has 2 amide bonds. The molecule has 7 nitrogen and oxygen atoms in total. The number of rotatable bonds is 11. The number of hydrogen-bond donors (Lipinski definition) is 1. The molecule has 0 bridgehead atoms. The van der Waals surface area contributed by atoms with Gasteiger partial charge in [0.15, 0.2) is 0 Å². The number of anilines is 1. The number of sulfonamides is 1. The Balaban J connectivity index is 1.96. The molecular formula is C29H35N3O4S. The van der Waals surface area contributed by atoms with Crippen LogP contribution in [-0.4, -0.2) is 50.3 Å². The zero-order chi connectivity index (χ0) is 27.0. The van der Waals surface area contributed by atoms with Crippen LogP contribution < -0.4 is 9.62 Å². The highest BCUT2D eigenvalue weighted by molar-refractivity contribution is 7.92. The Morgan fingerprint density at radius 1 is 0.865 bits per heavy atom. The predicted molar refractivity (Wildman–Crippen MR) is 147 cm³/mol. The number of aryl methyl sites for hydroxylation is 1. The van der Waals surface area contributed by atoms with E-state index < -0.39 is 28.5 Å². The summed E-state index contributed by atoms with van der Waals surface area (Å²) in [5, 5.41) is 2.86. The second kappa shape index (κ2) is 12.5. The number of nitrogens with zero attached hydrogens (tertiary/aromatic N) is 2. The highest BCUT2D eigenvalue weighted by Gasteiger charge is 2.32. The van der Waals surface area contributed by atoms with Gasteiger partial charge in [-0.2, -0.15) is 0 Å². The molecule has 0 spiro atoms. The van der Waals surface area contributed by atoms with E-state index in [1.807, 2.05) is 57.2 Å². The van der Waals surface area contributed by atoms with Crippen molar-refractivity contribution >= 4 is 27.5 Å². The fraction of sp³-hybridized carbons (Fsp3) is 0.310. The highest BCUT2D eigenvalue weighted by atomic mass is 32.2. The van der Waals surface area contributed by atoms with Crippen molar-refractivity contribution in [2.75, 3.05) is 17.4 Å². The van der Waals surface area contributed by atoms with Gasteiger partial charge in [0.05, 0.1) is 10.6 Å². The molecule has 3 aromatic carbocycles. The molecular weight excluding hydrogens is 486 g/mol. The molecule has 196 valence electrons. The molecule has 0 aliphatic heterocycles. The first-order valence-corrected chi connectivity index (χ1v) is 13.8. The lowest BCUT2D eigenvalue weighted by atomic mass is 10.1. The van der Waals surface area contributed by atoms with Crippen LogP contribution in [0.2, 0.25) is 0 Å². The maximum absolute atomic E-state index is 13.8. The summed E-state index contributed by atoms with van der Waals surface area (Å²) in [5.74, 6) is -0.743. The van der Waals surface area contributed by atoms with E-state index in [2.05, 4.69) is 5.32 Å². The summed E-state index contributed by atoms with van der Waals surface area (Å²) in [6.07, 6.45) is 0.530. The Labute approximate surface area is 220 Å². The number of nitrogens with one attached hydrogen (secondary N) is 1. The van der Waals surface area contributed by atoms with Crippen LogP contribution in [0.3, 0.4) is 0 Å². The minimum Gasteiger partial charge on any atom is -0.352 e. The van der Waals surface area contributed by atoms with E-state index in [9.17, 15) is 18.0 Å². The molecule has 0 radical (unpaired) electrons. The Bertz CT molecular complexity index is 1290. The van der Waals surface area contributed by atoms with Crippen molar-refractivity contribution in [3.63, 3.8) is 0 Å². The first-order valence-electron chi connectivity index (χ1n) is 12.4. The molecule has 0 heterocycles. The second-order valence-electron chi connectivity index (χ2n) is 9.33. The van der Waals surface area contributed by atoms with Crippen molar-refractivity contribution in [2.45, 2.75) is 51.1 Å². The molecule has 0 aliphatic carbocycles. The van der Waals surface area contributed by atoms with Crippen molar-refractivity contribution in [3.8, 4) is 0 Å². The minimum atomic E-state index is -4.05. The summed E-state index contributed by atoms with van der Waals surface area (Å²) in [7, 11) is -4.05. The van der Waals surface area contributed by atoms with Crippen LogP contribution >= 0.6 is 0 Å². The number of amides is 2. The Kier molecular flexibility index (Phi) is 9.47.